The third-order valence-electron chi connectivity index (χ3n) is 2.24. The number of allylic oxidation sites excluding steroid dienone is 5. The first-order valence-electron chi connectivity index (χ1n) is 5.70. The van der Waals surface area contributed by atoms with Crippen molar-refractivity contribution in [2.75, 3.05) is 11.5 Å². The van der Waals surface area contributed by atoms with Crippen LogP contribution < -0.4 is 0 Å². The second-order valence-electron chi connectivity index (χ2n) is 3.86. The van der Waals surface area contributed by atoms with Gasteiger partial charge >= 0.3 is 37.9 Å². The van der Waals surface area contributed by atoms with Crippen molar-refractivity contribution in [3.8, 4) is 0 Å². The first-order valence-corrected chi connectivity index (χ1v) is 13.3. The van der Waals surface area contributed by atoms with Crippen LogP contribution in [-0.2, 0) is 20.8 Å². The van der Waals surface area contributed by atoms with Crippen molar-refractivity contribution in [2.24, 2.45) is 5.92 Å². The van der Waals surface area contributed by atoms with Gasteiger partial charge in [0.05, 0.1) is 0 Å². The van der Waals surface area contributed by atoms with Gasteiger partial charge in [0.15, 0.2) is 0 Å². The molecule has 0 aromatic heterocycles. The summed E-state index contributed by atoms with van der Waals surface area (Å²) in [6.07, 6.45) is 8.58. The Morgan fingerprint density at radius 1 is 1.11 bits per heavy atom. The topological polar surface area (TPSA) is 0 Å². The molecule has 0 fully saturated rings. The fraction of sp³-hybridized carbons (Fsp3) is 0.538. The Bertz CT molecular complexity index is 244. The Morgan fingerprint density at radius 3 is 1.67 bits per heavy atom. The van der Waals surface area contributed by atoms with Gasteiger partial charge in [-0.3, -0.25) is 0 Å². The Hall–Kier alpha value is 1.38. The van der Waals surface area contributed by atoms with Crippen LogP contribution >= 0.6 is 42.3 Å². The average Bonchev–Trinajstić information content (AvgIpc) is 2.29. The van der Waals surface area contributed by atoms with Gasteiger partial charge in [0.25, 0.3) is 0 Å². The second-order valence-corrected chi connectivity index (χ2v) is 8.48. The molecule has 0 amide bonds. The molecule has 0 unspecified atom stereocenters. The van der Waals surface area contributed by atoms with Crippen LogP contribution in [0.4, 0.5) is 0 Å². The van der Waals surface area contributed by atoms with Crippen LogP contribution in [0.3, 0.4) is 0 Å². The first-order chi connectivity index (χ1) is 8.55. The first kappa shape index (κ1) is 21.7. The molecule has 0 aliphatic carbocycles. The van der Waals surface area contributed by atoms with Crippen molar-refractivity contribution < 1.29 is 20.8 Å². The van der Waals surface area contributed by atoms with Gasteiger partial charge in [0.2, 0.25) is 0 Å². The third-order valence-corrected chi connectivity index (χ3v) is 2.69. The van der Waals surface area contributed by atoms with Gasteiger partial charge in [-0.15, -0.1) is 6.58 Å². The molecule has 0 heterocycles. The van der Waals surface area contributed by atoms with Gasteiger partial charge < -0.3 is 0 Å². The summed E-state index contributed by atoms with van der Waals surface area (Å²) in [6.45, 7) is 8.15. The van der Waals surface area contributed by atoms with Gasteiger partial charge in [0.1, 0.15) is 0 Å². The van der Waals surface area contributed by atoms with E-state index in [1.54, 1.807) is 0 Å². The van der Waals surface area contributed by atoms with E-state index in [2.05, 4.69) is 57.8 Å². The minimum absolute atomic E-state index is 0.352. The molecule has 0 aliphatic heterocycles. The Morgan fingerprint density at radius 2 is 1.44 bits per heavy atom. The number of hydrogen-bond acceptors (Lipinski definition) is 2. The number of thiol groups is 2. The van der Waals surface area contributed by atoms with Crippen molar-refractivity contribution >= 4 is 42.3 Å². The van der Waals surface area contributed by atoms with E-state index in [1.807, 2.05) is 6.08 Å². The molecule has 104 valence electrons. The zero-order valence-electron chi connectivity index (χ0n) is 11.0. The molecule has 0 spiro atoms. The van der Waals surface area contributed by atoms with Crippen molar-refractivity contribution in [3.63, 3.8) is 0 Å². The van der Waals surface area contributed by atoms with Crippen LogP contribution in [0.25, 0.3) is 0 Å². The SMILES string of the molecule is C=CC(C=C(C)CCS)C=C(C)CCS.[Cl][Zr][Cl]. The molecule has 0 saturated carbocycles. The fourth-order valence-corrected chi connectivity index (χ4v) is 2.07. The van der Waals surface area contributed by atoms with Crippen LogP contribution in [0.2, 0.25) is 0 Å². The predicted octanol–water partition coefficient (Wildman–Crippen LogP) is 5.70. The molecule has 0 aromatic carbocycles. The molecule has 0 saturated heterocycles. The summed E-state index contributed by atoms with van der Waals surface area (Å²) in [5.74, 6) is 2.17. The number of rotatable bonds is 7. The van der Waals surface area contributed by atoms with Gasteiger partial charge in [0, 0.05) is 5.92 Å². The summed E-state index contributed by atoms with van der Waals surface area (Å²) in [4.78, 5) is 0. The normalized spacial score (nSPS) is 13.4. The van der Waals surface area contributed by atoms with Crippen molar-refractivity contribution in [1.29, 1.82) is 0 Å². The van der Waals surface area contributed by atoms with Gasteiger partial charge in [-0.2, -0.15) is 25.3 Å². The van der Waals surface area contributed by atoms with Crippen LogP contribution in [0.15, 0.2) is 36.0 Å². The summed E-state index contributed by atoms with van der Waals surface area (Å²) >= 11 is 7.62. The van der Waals surface area contributed by atoms with Crippen molar-refractivity contribution in [1.82, 2.24) is 0 Å². The van der Waals surface area contributed by atoms with Crippen LogP contribution in [0.1, 0.15) is 26.7 Å². The minimum atomic E-state index is -0.826. The molecule has 0 aromatic rings. The second kappa shape index (κ2) is 16.4. The summed E-state index contributed by atoms with van der Waals surface area (Å²) in [7, 11) is 9.87. The third kappa shape index (κ3) is 15.4. The molecular weight excluding hydrogens is 382 g/mol. The van der Waals surface area contributed by atoms with Crippen LogP contribution in [-0.4, -0.2) is 11.5 Å². The number of halogens is 2. The van der Waals surface area contributed by atoms with E-state index in [0.29, 0.717) is 5.92 Å². The molecule has 0 aliphatic rings. The van der Waals surface area contributed by atoms with Crippen LogP contribution in [0.5, 0.6) is 0 Å². The van der Waals surface area contributed by atoms with Gasteiger partial charge in [-0.1, -0.05) is 29.4 Å². The van der Waals surface area contributed by atoms with E-state index in [9.17, 15) is 0 Å². The summed E-state index contributed by atoms with van der Waals surface area (Å²) in [5.41, 5.74) is 2.76. The summed E-state index contributed by atoms with van der Waals surface area (Å²) < 4.78 is 0. The van der Waals surface area contributed by atoms with Gasteiger partial charge in [-0.25, -0.2) is 0 Å². The maximum absolute atomic E-state index is 4.93. The fourth-order valence-electron chi connectivity index (χ4n) is 1.36. The van der Waals surface area contributed by atoms with Crippen molar-refractivity contribution in [3.05, 3.63) is 36.0 Å². The predicted molar refractivity (Wildman–Crippen MR) is 89.8 cm³/mol. The van der Waals surface area contributed by atoms with E-state index < -0.39 is 20.8 Å². The number of hydrogen-bond donors (Lipinski definition) is 2. The van der Waals surface area contributed by atoms with E-state index >= 15 is 0 Å². The van der Waals surface area contributed by atoms with E-state index in [4.69, 9.17) is 17.0 Å². The molecule has 0 rings (SSSR count). The average molecular weight is 405 g/mol. The zero-order valence-corrected chi connectivity index (χ0v) is 16.8. The van der Waals surface area contributed by atoms with Crippen molar-refractivity contribution in [2.45, 2.75) is 26.7 Å². The maximum atomic E-state index is 4.93. The Kier molecular flexibility index (Phi) is 19.8. The zero-order chi connectivity index (χ0) is 14.4. The molecule has 0 N–H and O–H groups in total. The summed E-state index contributed by atoms with van der Waals surface area (Å²) in [5, 5.41) is 0. The summed E-state index contributed by atoms with van der Waals surface area (Å²) in [6, 6.07) is 0. The standard InChI is InChI=1S/C13H22S2.2ClH.Zr/c1-4-13(9-11(2)5-7-14)10-12(3)6-8-15;;;/h4,9-10,13-15H,1,5-8H2,2-3H3;2*1H;/q;;;+2/p-2. The molecule has 5 heteroatoms. The van der Waals surface area contributed by atoms with E-state index in [1.165, 1.54) is 11.1 Å². The monoisotopic (exact) mass is 402 g/mol. The molecule has 18 heavy (non-hydrogen) atoms. The molecule has 0 bridgehead atoms. The van der Waals surface area contributed by atoms with Crippen LogP contribution in [0, 0.1) is 5.92 Å². The molecular formula is C13H22Cl2S2Zr. The molecule has 0 atom stereocenters. The molecule has 0 nitrogen and oxygen atoms in total. The Balaban J connectivity index is 0. The van der Waals surface area contributed by atoms with Gasteiger partial charge in [-0.05, 0) is 38.2 Å². The molecule has 0 radical (unpaired) electrons. The van der Waals surface area contributed by atoms with E-state index in [-0.39, 0.29) is 0 Å². The Labute approximate surface area is 142 Å². The quantitative estimate of drug-likeness (QED) is 0.395. The van der Waals surface area contributed by atoms with E-state index in [0.717, 1.165) is 24.3 Å².